The normalized spacial score (nSPS) is 11.8. The van der Waals surface area contributed by atoms with Crippen LogP contribution in [-0.4, -0.2) is 19.1 Å². The third-order valence-electron chi connectivity index (χ3n) is 2.59. The Labute approximate surface area is 125 Å². The van der Waals surface area contributed by atoms with Gasteiger partial charge in [-0.05, 0) is 12.7 Å². The van der Waals surface area contributed by atoms with E-state index in [-0.39, 0.29) is 5.75 Å². The van der Waals surface area contributed by atoms with Gasteiger partial charge in [0.15, 0.2) is 23.3 Å². The molecule has 0 aliphatic carbocycles. The summed E-state index contributed by atoms with van der Waals surface area (Å²) in [6, 6.07) is 0. The van der Waals surface area contributed by atoms with E-state index in [1.807, 2.05) is 0 Å². The fraction of sp³-hybridized carbons (Fsp3) is 0.357. The average molecular weight is 320 g/mol. The van der Waals surface area contributed by atoms with Crippen LogP contribution < -0.4 is 4.90 Å². The van der Waals surface area contributed by atoms with Gasteiger partial charge in [-0.3, -0.25) is 4.99 Å². The molecule has 0 aromatic heterocycles. The molecule has 0 heterocycles. The highest BCUT2D eigenvalue weighted by Crippen LogP contribution is 2.32. The lowest BCUT2D eigenvalue weighted by molar-refractivity contribution is 0.447. The second kappa shape index (κ2) is 8.07. The number of anilines is 1. The zero-order valence-electron chi connectivity index (χ0n) is 12.0. The van der Waals surface area contributed by atoms with Gasteiger partial charge in [0.2, 0.25) is 0 Å². The quantitative estimate of drug-likeness (QED) is 0.332. The first-order valence-electron chi connectivity index (χ1n) is 6.25. The number of nitrogens with zero attached hydrogens (tertiary/aromatic N) is 2. The van der Waals surface area contributed by atoms with Crippen LogP contribution in [0.2, 0.25) is 0 Å². The summed E-state index contributed by atoms with van der Waals surface area (Å²) in [6.45, 7) is 3.39. The molecule has 0 amide bonds. The number of hydrogen-bond acceptors (Lipinski definition) is 2. The lowest BCUT2D eigenvalue weighted by Crippen LogP contribution is -2.19. The Kier molecular flexibility index (Phi) is 6.74. The first-order chi connectivity index (χ1) is 9.99. The molecule has 0 atom stereocenters. The molecule has 0 aliphatic heterocycles. The van der Waals surface area contributed by atoms with Crippen molar-refractivity contribution in [1.82, 2.24) is 0 Å². The predicted octanol–water partition coefficient (Wildman–Crippen LogP) is 4.49. The molecule has 1 rings (SSSR count). The van der Waals surface area contributed by atoms with Gasteiger partial charge in [0.1, 0.15) is 5.69 Å². The summed E-state index contributed by atoms with van der Waals surface area (Å²) < 4.78 is 56.2. The second-order valence-corrected chi connectivity index (χ2v) is 5.26. The Balaban J connectivity index is 3.48. The predicted molar refractivity (Wildman–Crippen MR) is 79.8 cm³/mol. The highest BCUT2D eigenvalue weighted by Gasteiger charge is 2.27. The lowest BCUT2D eigenvalue weighted by atomic mass is 10.1. The lowest BCUT2D eigenvalue weighted by Gasteiger charge is -2.18. The van der Waals surface area contributed by atoms with E-state index >= 15 is 0 Å². The monoisotopic (exact) mass is 320 g/mol. The van der Waals surface area contributed by atoms with Gasteiger partial charge >= 0.3 is 0 Å². The van der Waals surface area contributed by atoms with E-state index in [2.05, 4.69) is 4.99 Å². The fourth-order valence-electron chi connectivity index (χ4n) is 1.68. The zero-order chi connectivity index (χ0) is 16.0. The minimum Gasteiger partial charge on any atom is -0.303 e. The summed E-state index contributed by atoms with van der Waals surface area (Å²) >= 11 is 1.17. The molecule has 0 spiro atoms. The van der Waals surface area contributed by atoms with Gasteiger partial charge in [-0.15, -0.1) is 0 Å². The fourth-order valence-corrected chi connectivity index (χ4v) is 2.34. The molecule has 0 saturated carbocycles. The van der Waals surface area contributed by atoms with Crippen molar-refractivity contribution in [1.29, 1.82) is 0 Å². The molecule has 0 radical (unpaired) electrons. The van der Waals surface area contributed by atoms with E-state index in [1.165, 1.54) is 31.1 Å². The molecule has 1 aromatic carbocycles. The molecular formula is C14H16F4N2S. The number of halogens is 4. The summed E-state index contributed by atoms with van der Waals surface area (Å²) in [6.07, 6.45) is 3.80. The van der Waals surface area contributed by atoms with Gasteiger partial charge in [-0.2, -0.15) is 11.8 Å². The average Bonchev–Trinajstić information content (AvgIpc) is 2.46. The van der Waals surface area contributed by atoms with Crippen LogP contribution >= 0.6 is 11.8 Å². The van der Waals surface area contributed by atoms with Crippen molar-refractivity contribution in [2.45, 2.75) is 19.6 Å². The van der Waals surface area contributed by atoms with Crippen molar-refractivity contribution in [3.63, 3.8) is 0 Å². The van der Waals surface area contributed by atoms with E-state index in [1.54, 1.807) is 13.8 Å². The highest BCUT2D eigenvalue weighted by atomic mass is 32.2. The van der Waals surface area contributed by atoms with Crippen LogP contribution in [0.1, 0.15) is 19.4 Å². The SMILES string of the molecule is C/C=C\N(C=NC)c1c(F)c(F)c(CSCC)c(F)c1F. The van der Waals surface area contributed by atoms with E-state index in [0.29, 0.717) is 5.75 Å². The molecule has 0 aliphatic rings. The van der Waals surface area contributed by atoms with Gasteiger partial charge in [0.25, 0.3) is 0 Å². The largest absolute Gasteiger partial charge is 0.303 e. The molecule has 0 unspecified atom stereocenters. The summed E-state index contributed by atoms with van der Waals surface area (Å²) in [7, 11) is 1.38. The van der Waals surface area contributed by atoms with E-state index in [9.17, 15) is 17.6 Å². The van der Waals surface area contributed by atoms with Crippen LogP contribution in [0.25, 0.3) is 0 Å². The van der Waals surface area contributed by atoms with E-state index < -0.39 is 34.5 Å². The van der Waals surface area contributed by atoms with Gasteiger partial charge in [0, 0.05) is 24.6 Å². The zero-order valence-corrected chi connectivity index (χ0v) is 12.8. The molecule has 1 aromatic rings. The van der Waals surface area contributed by atoms with Crippen molar-refractivity contribution >= 4 is 23.8 Å². The maximum atomic E-state index is 14.1. The number of hydrogen-bond donors (Lipinski definition) is 0. The minimum atomic E-state index is -1.43. The first-order valence-corrected chi connectivity index (χ1v) is 7.40. The van der Waals surface area contributed by atoms with Crippen molar-refractivity contribution in [3.05, 3.63) is 41.1 Å². The minimum absolute atomic E-state index is 0.131. The van der Waals surface area contributed by atoms with Crippen LogP contribution in [0.15, 0.2) is 17.3 Å². The van der Waals surface area contributed by atoms with E-state index in [0.717, 1.165) is 11.2 Å². The highest BCUT2D eigenvalue weighted by molar-refractivity contribution is 7.98. The number of benzene rings is 1. The summed E-state index contributed by atoms with van der Waals surface area (Å²) in [5, 5.41) is 0. The van der Waals surface area contributed by atoms with Crippen LogP contribution in [-0.2, 0) is 5.75 Å². The Morgan fingerprint density at radius 1 is 1.10 bits per heavy atom. The third-order valence-corrected chi connectivity index (χ3v) is 3.49. The van der Waals surface area contributed by atoms with Crippen LogP contribution in [0.3, 0.4) is 0 Å². The molecule has 0 N–H and O–H groups in total. The number of allylic oxidation sites excluding steroid dienone is 1. The maximum absolute atomic E-state index is 14.1. The molecule has 0 fully saturated rings. The van der Waals surface area contributed by atoms with Gasteiger partial charge in [-0.25, -0.2) is 17.6 Å². The second-order valence-electron chi connectivity index (χ2n) is 3.98. The first kappa shape index (κ1) is 17.6. The van der Waals surface area contributed by atoms with Crippen LogP contribution in [0.4, 0.5) is 23.2 Å². The Morgan fingerprint density at radius 3 is 2.10 bits per heavy atom. The van der Waals surface area contributed by atoms with Crippen LogP contribution in [0.5, 0.6) is 0 Å². The summed E-state index contributed by atoms with van der Waals surface area (Å²) in [5.41, 5.74) is -1.41. The summed E-state index contributed by atoms with van der Waals surface area (Å²) in [5.74, 6) is -5.16. The van der Waals surface area contributed by atoms with Gasteiger partial charge < -0.3 is 4.90 Å². The Morgan fingerprint density at radius 2 is 1.67 bits per heavy atom. The molecule has 0 bridgehead atoms. The number of aliphatic imine (C=N–C) groups is 1. The smallest absolute Gasteiger partial charge is 0.186 e. The van der Waals surface area contributed by atoms with Crippen molar-refractivity contribution in [3.8, 4) is 0 Å². The molecule has 0 saturated heterocycles. The molecule has 2 nitrogen and oxygen atoms in total. The number of rotatable bonds is 6. The standard InChI is InChI=1S/C14H16F4N2S/c1-4-6-20(8-19-3)14-12(17)10(15)9(7-21-5-2)11(16)13(14)18/h4,6,8H,5,7H2,1-3H3/b6-4-,19-8?. The Hall–Kier alpha value is -1.50. The third kappa shape index (κ3) is 3.78. The summed E-state index contributed by atoms with van der Waals surface area (Å²) in [4.78, 5) is 4.51. The van der Waals surface area contributed by atoms with Crippen molar-refractivity contribution in [2.75, 3.05) is 17.7 Å². The molecular weight excluding hydrogens is 304 g/mol. The van der Waals surface area contributed by atoms with E-state index in [4.69, 9.17) is 0 Å². The van der Waals surface area contributed by atoms with Gasteiger partial charge in [-0.1, -0.05) is 13.0 Å². The van der Waals surface area contributed by atoms with Gasteiger partial charge in [0.05, 0.1) is 6.34 Å². The van der Waals surface area contributed by atoms with Crippen molar-refractivity contribution < 1.29 is 17.6 Å². The molecule has 21 heavy (non-hydrogen) atoms. The topological polar surface area (TPSA) is 15.6 Å². The molecule has 7 heteroatoms. The Bertz CT molecular complexity index is 517. The number of thioether (sulfide) groups is 1. The van der Waals surface area contributed by atoms with Crippen LogP contribution in [0, 0.1) is 23.3 Å². The maximum Gasteiger partial charge on any atom is 0.186 e. The molecule has 116 valence electrons. The van der Waals surface area contributed by atoms with Crippen molar-refractivity contribution in [2.24, 2.45) is 4.99 Å².